The van der Waals surface area contributed by atoms with E-state index in [2.05, 4.69) is 27.5 Å². The van der Waals surface area contributed by atoms with E-state index in [1.54, 1.807) is 25.7 Å². The van der Waals surface area contributed by atoms with E-state index in [9.17, 15) is 0 Å². The molecule has 0 aromatic carbocycles. The lowest BCUT2D eigenvalue weighted by Crippen LogP contribution is -2.22. The van der Waals surface area contributed by atoms with Gasteiger partial charge in [0.25, 0.3) is 0 Å². The van der Waals surface area contributed by atoms with Gasteiger partial charge in [0.1, 0.15) is 5.69 Å². The van der Waals surface area contributed by atoms with Crippen LogP contribution < -0.4 is 10.1 Å². The van der Waals surface area contributed by atoms with Gasteiger partial charge in [-0.05, 0) is 25.1 Å². The van der Waals surface area contributed by atoms with Crippen molar-refractivity contribution in [2.45, 2.75) is 25.9 Å². The topological polar surface area (TPSA) is 64.9 Å². The van der Waals surface area contributed by atoms with Crippen LogP contribution in [0.4, 0.5) is 0 Å². The minimum absolute atomic E-state index is 0.0144. The van der Waals surface area contributed by atoms with Gasteiger partial charge in [-0.15, -0.1) is 0 Å². The van der Waals surface area contributed by atoms with Crippen molar-refractivity contribution in [3.63, 3.8) is 0 Å². The van der Waals surface area contributed by atoms with Crippen LogP contribution in [0.1, 0.15) is 30.6 Å². The maximum Gasteiger partial charge on any atom is 0.161 e. The Balaban J connectivity index is 2.45. The summed E-state index contributed by atoms with van der Waals surface area (Å²) in [7, 11) is 3.57. The molecule has 0 saturated carbocycles. The van der Waals surface area contributed by atoms with Crippen molar-refractivity contribution in [2.75, 3.05) is 14.2 Å². The molecule has 1 atom stereocenters. The highest BCUT2D eigenvalue weighted by Crippen LogP contribution is 2.29. The third kappa shape index (κ3) is 2.73. The van der Waals surface area contributed by atoms with Crippen molar-refractivity contribution in [1.82, 2.24) is 25.3 Å². The van der Waals surface area contributed by atoms with Crippen molar-refractivity contribution >= 4 is 0 Å². The first-order chi connectivity index (χ1) is 9.31. The molecule has 6 nitrogen and oxygen atoms in total. The molecule has 2 rings (SSSR count). The molecule has 0 spiro atoms. The van der Waals surface area contributed by atoms with Crippen LogP contribution in [0.15, 0.2) is 24.7 Å². The molecular formula is C13H19N5O. The second-order valence-corrected chi connectivity index (χ2v) is 4.22. The van der Waals surface area contributed by atoms with E-state index in [-0.39, 0.29) is 6.04 Å². The van der Waals surface area contributed by atoms with Gasteiger partial charge in [-0.3, -0.25) is 4.68 Å². The molecule has 0 fully saturated rings. The Kier molecular flexibility index (Phi) is 4.46. The van der Waals surface area contributed by atoms with Crippen LogP contribution in [0.25, 0.3) is 0 Å². The van der Waals surface area contributed by atoms with Crippen LogP contribution in [0.3, 0.4) is 0 Å². The summed E-state index contributed by atoms with van der Waals surface area (Å²) >= 11 is 0. The minimum Gasteiger partial charge on any atom is -0.493 e. The number of aryl methyl sites for hydroxylation is 1. The van der Waals surface area contributed by atoms with E-state index in [0.717, 1.165) is 30.0 Å². The van der Waals surface area contributed by atoms with Crippen molar-refractivity contribution in [3.8, 4) is 5.75 Å². The van der Waals surface area contributed by atoms with Gasteiger partial charge in [0.05, 0.1) is 25.5 Å². The Bertz CT molecular complexity index is 511. The molecule has 0 radical (unpaired) electrons. The smallest absolute Gasteiger partial charge is 0.161 e. The van der Waals surface area contributed by atoms with Gasteiger partial charge >= 0.3 is 0 Å². The van der Waals surface area contributed by atoms with Crippen molar-refractivity contribution in [2.24, 2.45) is 0 Å². The van der Waals surface area contributed by atoms with Crippen LogP contribution in [0, 0.1) is 0 Å². The highest BCUT2D eigenvalue weighted by molar-refractivity contribution is 5.35. The quantitative estimate of drug-likeness (QED) is 0.851. The summed E-state index contributed by atoms with van der Waals surface area (Å²) in [6.07, 6.45) is 6.21. The normalized spacial score (nSPS) is 12.4. The Labute approximate surface area is 112 Å². The highest BCUT2D eigenvalue weighted by atomic mass is 16.5. The van der Waals surface area contributed by atoms with Crippen LogP contribution in [0.5, 0.6) is 5.75 Å². The van der Waals surface area contributed by atoms with Crippen LogP contribution in [-0.2, 0) is 6.54 Å². The first-order valence-corrected chi connectivity index (χ1v) is 6.35. The van der Waals surface area contributed by atoms with Crippen molar-refractivity contribution in [3.05, 3.63) is 35.9 Å². The minimum atomic E-state index is -0.0144. The van der Waals surface area contributed by atoms with Gasteiger partial charge in [-0.25, -0.2) is 0 Å². The molecule has 0 aliphatic rings. The molecular weight excluding hydrogens is 242 g/mol. The summed E-state index contributed by atoms with van der Waals surface area (Å²) < 4.78 is 7.39. The van der Waals surface area contributed by atoms with Crippen LogP contribution >= 0.6 is 0 Å². The molecule has 0 saturated heterocycles. The number of nitrogens with one attached hydrogen (secondary N) is 1. The van der Waals surface area contributed by atoms with E-state index in [1.165, 1.54) is 0 Å². The molecule has 1 N–H and O–H groups in total. The van der Waals surface area contributed by atoms with E-state index in [1.807, 2.05) is 17.8 Å². The summed E-state index contributed by atoms with van der Waals surface area (Å²) in [5.74, 6) is 0.782. The Hall–Kier alpha value is -1.95. The third-order valence-corrected chi connectivity index (χ3v) is 3.00. The first-order valence-electron chi connectivity index (χ1n) is 6.35. The molecule has 1 unspecified atom stereocenters. The van der Waals surface area contributed by atoms with Crippen LogP contribution in [0.2, 0.25) is 0 Å². The number of ether oxygens (including phenoxy) is 1. The molecule has 6 heteroatoms. The predicted octanol–water partition coefficient (Wildman–Crippen LogP) is 1.40. The lowest BCUT2D eigenvalue weighted by atomic mass is 10.1. The maximum atomic E-state index is 5.42. The Morgan fingerprint density at radius 3 is 2.79 bits per heavy atom. The number of rotatable bonds is 6. The van der Waals surface area contributed by atoms with Gasteiger partial charge < -0.3 is 10.1 Å². The number of nitrogens with zero attached hydrogens (tertiary/aromatic N) is 4. The fourth-order valence-electron chi connectivity index (χ4n) is 2.15. The van der Waals surface area contributed by atoms with Gasteiger partial charge in [0.15, 0.2) is 5.75 Å². The lowest BCUT2D eigenvalue weighted by molar-refractivity contribution is 0.400. The fraction of sp³-hybridized carbons (Fsp3) is 0.462. The molecule has 0 amide bonds. The number of aromatic nitrogens is 4. The summed E-state index contributed by atoms with van der Waals surface area (Å²) in [4.78, 5) is 0. The van der Waals surface area contributed by atoms with Gasteiger partial charge in [-0.1, -0.05) is 6.92 Å². The first kappa shape index (κ1) is 13.5. The summed E-state index contributed by atoms with van der Waals surface area (Å²) in [5, 5.41) is 15.4. The summed E-state index contributed by atoms with van der Waals surface area (Å²) in [6, 6.07) is 1.93. The molecule has 0 aliphatic heterocycles. The molecule has 2 aromatic heterocycles. The van der Waals surface area contributed by atoms with Crippen molar-refractivity contribution in [1.29, 1.82) is 0 Å². The Morgan fingerprint density at radius 1 is 1.37 bits per heavy atom. The SMILES string of the molecule is CCCn1ncc(OC)c1C(NC)c1ccnnc1. The Morgan fingerprint density at radius 2 is 2.21 bits per heavy atom. The van der Waals surface area contributed by atoms with Gasteiger partial charge in [0, 0.05) is 12.7 Å². The maximum absolute atomic E-state index is 5.42. The second-order valence-electron chi connectivity index (χ2n) is 4.22. The molecule has 19 heavy (non-hydrogen) atoms. The zero-order valence-electron chi connectivity index (χ0n) is 11.5. The molecule has 2 aromatic rings. The molecule has 0 aliphatic carbocycles. The third-order valence-electron chi connectivity index (χ3n) is 3.00. The highest BCUT2D eigenvalue weighted by Gasteiger charge is 2.22. The monoisotopic (exact) mass is 261 g/mol. The zero-order valence-corrected chi connectivity index (χ0v) is 11.5. The second kappa shape index (κ2) is 6.29. The average Bonchev–Trinajstić information content (AvgIpc) is 2.85. The van der Waals surface area contributed by atoms with E-state index < -0.39 is 0 Å². The number of hydrogen-bond donors (Lipinski definition) is 1. The molecule has 2 heterocycles. The van der Waals surface area contributed by atoms with E-state index >= 15 is 0 Å². The van der Waals surface area contributed by atoms with Crippen LogP contribution in [-0.4, -0.2) is 34.1 Å². The van der Waals surface area contributed by atoms with E-state index in [4.69, 9.17) is 4.74 Å². The van der Waals surface area contributed by atoms with Gasteiger partial charge in [0.2, 0.25) is 0 Å². The number of methoxy groups -OCH3 is 1. The van der Waals surface area contributed by atoms with Gasteiger partial charge in [-0.2, -0.15) is 15.3 Å². The average molecular weight is 261 g/mol. The zero-order chi connectivity index (χ0) is 13.7. The summed E-state index contributed by atoms with van der Waals surface area (Å²) in [5.41, 5.74) is 2.05. The summed E-state index contributed by atoms with van der Waals surface area (Å²) in [6.45, 7) is 2.98. The van der Waals surface area contributed by atoms with E-state index in [0.29, 0.717) is 0 Å². The fourth-order valence-corrected chi connectivity index (χ4v) is 2.15. The molecule has 102 valence electrons. The number of hydrogen-bond acceptors (Lipinski definition) is 5. The predicted molar refractivity (Wildman–Crippen MR) is 72.0 cm³/mol. The van der Waals surface area contributed by atoms with Crippen molar-refractivity contribution < 1.29 is 4.74 Å². The lowest BCUT2D eigenvalue weighted by Gasteiger charge is -2.19. The molecule has 0 bridgehead atoms. The standard InChI is InChI=1S/C13H19N5O/c1-4-7-18-13(11(19-3)9-17-18)12(14-2)10-5-6-15-16-8-10/h5-6,8-9,12,14H,4,7H2,1-3H3. The largest absolute Gasteiger partial charge is 0.493 e.